The number of unbranched alkanes of at least 4 members (excludes halogenated alkanes) is 2. The zero-order valence-corrected chi connectivity index (χ0v) is 15.3. The van der Waals surface area contributed by atoms with Crippen molar-refractivity contribution in [1.29, 1.82) is 0 Å². The van der Waals surface area contributed by atoms with Gasteiger partial charge in [-0.25, -0.2) is 0 Å². The third kappa shape index (κ3) is 8.69. The molecule has 0 N–H and O–H groups in total. The molecule has 4 heteroatoms. The second-order valence-corrected chi connectivity index (χ2v) is 7.32. The molecule has 0 amide bonds. The maximum absolute atomic E-state index is 6.17. The van der Waals surface area contributed by atoms with Gasteiger partial charge in [0, 0.05) is 16.8 Å². The van der Waals surface area contributed by atoms with Crippen molar-refractivity contribution in [2.45, 2.75) is 81.9 Å². The molecule has 0 aromatic heterocycles. The van der Waals surface area contributed by atoms with Crippen molar-refractivity contribution in [2.24, 2.45) is 0 Å². The van der Waals surface area contributed by atoms with E-state index in [0.717, 1.165) is 31.2 Å². The van der Waals surface area contributed by atoms with Crippen LogP contribution in [-0.4, -0.2) is 29.2 Å². The molecule has 0 aromatic rings. The molecule has 0 saturated carbocycles. The lowest BCUT2D eigenvalue weighted by Crippen LogP contribution is -2.28. The van der Waals surface area contributed by atoms with Crippen LogP contribution < -0.4 is 0 Å². The highest BCUT2D eigenvalue weighted by molar-refractivity contribution is 9.12. The number of hydrogen-bond donors (Lipinski definition) is 0. The van der Waals surface area contributed by atoms with Gasteiger partial charge in [-0.1, -0.05) is 58.0 Å². The van der Waals surface area contributed by atoms with Gasteiger partial charge >= 0.3 is 0 Å². The predicted molar refractivity (Wildman–Crippen MR) is 88.3 cm³/mol. The minimum Gasteiger partial charge on any atom is -0.353 e. The van der Waals surface area contributed by atoms with E-state index in [4.69, 9.17) is 9.47 Å². The Hall–Kier alpha value is 0.880. The van der Waals surface area contributed by atoms with Crippen LogP contribution in [0.1, 0.15) is 64.7 Å². The first-order chi connectivity index (χ1) is 9.26. The second-order valence-electron chi connectivity index (χ2n) is 5.38. The van der Waals surface area contributed by atoms with E-state index in [1.807, 2.05) is 0 Å². The Bertz CT molecular complexity index is 208. The van der Waals surface area contributed by atoms with Gasteiger partial charge in [-0.3, -0.25) is 0 Å². The molecule has 19 heavy (non-hydrogen) atoms. The first kappa shape index (κ1) is 17.9. The summed E-state index contributed by atoms with van der Waals surface area (Å²) in [6.07, 6.45) is 11.2. The van der Waals surface area contributed by atoms with E-state index in [1.54, 1.807) is 0 Å². The molecular weight excluding hydrogens is 372 g/mol. The van der Waals surface area contributed by atoms with Crippen molar-refractivity contribution in [1.82, 2.24) is 0 Å². The third-order valence-electron chi connectivity index (χ3n) is 3.58. The molecular formula is C15H28Br2O2. The number of alkyl halides is 2. The number of rotatable bonds is 10. The molecule has 2 nitrogen and oxygen atoms in total. The average Bonchev–Trinajstić information content (AvgIpc) is 2.45. The zero-order chi connectivity index (χ0) is 13.9. The minimum atomic E-state index is 0.0538. The van der Waals surface area contributed by atoms with E-state index in [9.17, 15) is 0 Å². The molecule has 3 atom stereocenters. The van der Waals surface area contributed by atoms with Crippen LogP contribution in [-0.2, 0) is 9.47 Å². The van der Waals surface area contributed by atoms with Crippen molar-refractivity contribution in [2.75, 3.05) is 11.9 Å². The fourth-order valence-corrected chi connectivity index (χ4v) is 2.97. The summed E-state index contributed by atoms with van der Waals surface area (Å²) in [5.74, 6) is 0. The molecule has 1 aliphatic rings. The van der Waals surface area contributed by atoms with Crippen LogP contribution in [0.4, 0.5) is 0 Å². The molecule has 3 unspecified atom stereocenters. The molecule has 0 bridgehead atoms. The fraction of sp³-hybridized carbons (Fsp3) is 1.00. The summed E-state index contributed by atoms with van der Waals surface area (Å²) >= 11 is 7.19. The molecule has 0 radical (unpaired) electrons. The van der Waals surface area contributed by atoms with E-state index in [-0.39, 0.29) is 6.29 Å². The third-order valence-corrected chi connectivity index (χ3v) is 6.01. The molecule has 1 rings (SSSR count). The van der Waals surface area contributed by atoms with E-state index < -0.39 is 0 Å². The molecule has 1 heterocycles. The monoisotopic (exact) mass is 398 g/mol. The lowest BCUT2D eigenvalue weighted by molar-refractivity contribution is -0.190. The van der Waals surface area contributed by atoms with E-state index in [1.165, 1.54) is 38.5 Å². The average molecular weight is 400 g/mol. The molecule has 1 saturated heterocycles. The van der Waals surface area contributed by atoms with Crippen molar-refractivity contribution in [3.63, 3.8) is 0 Å². The zero-order valence-electron chi connectivity index (χ0n) is 12.1. The normalized spacial score (nSPS) is 23.2. The van der Waals surface area contributed by atoms with Gasteiger partial charge in [0.15, 0.2) is 6.29 Å². The quantitative estimate of drug-likeness (QED) is 0.360. The molecule has 0 aliphatic carbocycles. The Kier molecular flexibility index (Phi) is 10.9. The summed E-state index contributed by atoms with van der Waals surface area (Å²) in [4.78, 5) is 0.553. The lowest BCUT2D eigenvalue weighted by Gasteiger charge is -2.28. The first-order valence-corrected chi connectivity index (χ1v) is 9.77. The van der Waals surface area contributed by atoms with Crippen LogP contribution in [0.2, 0.25) is 0 Å². The Morgan fingerprint density at radius 3 is 2.68 bits per heavy atom. The summed E-state index contributed by atoms with van der Waals surface area (Å²) in [5.41, 5.74) is 0. The van der Waals surface area contributed by atoms with Crippen LogP contribution in [0, 0.1) is 0 Å². The van der Waals surface area contributed by atoms with Gasteiger partial charge in [-0.05, 0) is 38.5 Å². The van der Waals surface area contributed by atoms with Gasteiger partial charge in [0.25, 0.3) is 0 Å². The van der Waals surface area contributed by atoms with E-state index in [2.05, 4.69) is 38.8 Å². The largest absolute Gasteiger partial charge is 0.353 e. The Morgan fingerprint density at radius 1 is 1.21 bits per heavy atom. The second kappa shape index (κ2) is 11.5. The van der Waals surface area contributed by atoms with Gasteiger partial charge < -0.3 is 9.47 Å². The predicted octanol–water partition coefficient (Wildman–Crippen LogP) is 5.42. The van der Waals surface area contributed by atoms with Crippen molar-refractivity contribution in [3.05, 3.63) is 0 Å². The smallest absolute Gasteiger partial charge is 0.157 e. The van der Waals surface area contributed by atoms with Crippen LogP contribution in [0.15, 0.2) is 0 Å². The number of halogens is 2. The van der Waals surface area contributed by atoms with Gasteiger partial charge in [-0.15, -0.1) is 0 Å². The molecule has 0 aromatic carbocycles. The van der Waals surface area contributed by atoms with Gasteiger partial charge in [0.1, 0.15) is 0 Å². The Balaban J connectivity index is 2.29. The summed E-state index contributed by atoms with van der Waals surface area (Å²) < 4.78 is 11.9. The molecule has 1 aliphatic heterocycles. The van der Waals surface area contributed by atoms with Gasteiger partial charge in [-0.2, -0.15) is 0 Å². The highest BCUT2D eigenvalue weighted by Crippen LogP contribution is 2.22. The van der Waals surface area contributed by atoms with Gasteiger partial charge in [0.2, 0.25) is 0 Å². The van der Waals surface area contributed by atoms with Crippen molar-refractivity contribution in [3.8, 4) is 0 Å². The van der Waals surface area contributed by atoms with Crippen molar-refractivity contribution >= 4 is 31.9 Å². The highest BCUT2D eigenvalue weighted by atomic mass is 79.9. The van der Waals surface area contributed by atoms with Crippen LogP contribution in [0.3, 0.4) is 0 Å². The summed E-state index contributed by atoms with van der Waals surface area (Å²) in [7, 11) is 0. The first-order valence-electron chi connectivity index (χ1n) is 7.73. The number of hydrogen-bond acceptors (Lipinski definition) is 2. The molecule has 1 fully saturated rings. The van der Waals surface area contributed by atoms with Crippen molar-refractivity contribution < 1.29 is 9.47 Å². The fourth-order valence-electron chi connectivity index (χ4n) is 2.38. The SMILES string of the molecule is CCCCCC(CCC(Br)CBr)OC1CCCCO1. The summed E-state index contributed by atoms with van der Waals surface area (Å²) in [6.45, 7) is 3.12. The standard InChI is InChI=1S/C15H28Br2O2/c1-2-3-4-7-14(10-9-13(17)12-16)19-15-8-5-6-11-18-15/h13-15H,2-12H2,1H3. The minimum absolute atomic E-state index is 0.0538. The topological polar surface area (TPSA) is 18.5 Å². The maximum atomic E-state index is 6.17. The Morgan fingerprint density at radius 2 is 2.05 bits per heavy atom. The van der Waals surface area contributed by atoms with Crippen LogP contribution in [0.25, 0.3) is 0 Å². The Labute approximate surface area is 135 Å². The highest BCUT2D eigenvalue weighted by Gasteiger charge is 2.20. The molecule has 114 valence electrons. The van der Waals surface area contributed by atoms with E-state index >= 15 is 0 Å². The van der Waals surface area contributed by atoms with Crippen LogP contribution >= 0.6 is 31.9 Å². The summed E-state index contributed by atoms with van der Waals surface area (Å²) in [5, 5.41) is 1.01. The van der Waals surface area contributed by atoms with Crippen LogP contribution in [0.5, 0.6) is 0 Å². The summed E-state index contributed by atoms with van der Waals surface area (Å²) in [6, 6.07) is 0. The lowest BCUT2D eigenvalue weighted by atomic mass is 10.0. The molecule has 0 spiro atoms. The van der Waals surface area contributed by atoms with E-state index in [0.29, 0.717) is 10.9 Å². The number of ether oxygens (including phenoxy) is 2. The van der Waals surface area contributed by atoms with Gasteiger partial charge in [0.05, 0.1) is 6.10 Å². The maximum Gasteiger partial charge on any atom is 0.157 e.